The highest BCUT2D eigenvalue weighted by molar-refractivity contribution is 5.81. The Hall–Kier alpha value is -3.82. The van der Waals surface area contributed by atoms with E-state index in [2.05, 4.69) is 21.0 Å². The number of carbonyl (C=O) groups excluding carboxylic acids is 2. The van der Waals surface area contributed by atoms with Crippen molar-refractivity contribution < 1.29 is 18.5 Å². The molecule has 144 valence electrons. The number of aromatic nitrogens is 3. The van der Waals surface area contributed by atoms with Crippen molar-refractivity contribution in [2.24, 2.45) is 0 Å². The number of halogens is 1. The number of aryl methyl sites for hydroxylation is 1. The van der Waals surface area contributed by atoms with E-state index in [9.17, 15) is 18.8 Å². The molecule has 0 aliphatic heterocycles. The van der Waals surface area contributed by atoms with Crippen LogP contribution >= 0.6 is 0 Å². The highest BCUT2D eigenvalue weighted by atomic mass is 19.1. The maximum atomic E-state index is 12.9. The van der Waals surface area contributed by atoms with Crippen LogP contribution in [0.2, 0.25) is 0 Å². The summed E-state index contributed by atoms with van der Waals surface area (Å²) in [5.74, 6) is -0.856. The van der Waals surface area contributed by atoms with Crippen molar-refractivity contribution in [1.82, 2.24) is 25.6 Å². The average molecular weight is 385 g/mol. The Kier molecular flexibility index (Phi) is 5.90. The number of hydrogen-bond donors (Lipinski definition) is 2. The molecule has 0 saturated carbocycles. The number of hydrazine groups is 1. The fourth-order valence-corrected chi connectivity index (χ4v) is 2.28. The second-order valence-electron chi connectivity index (χ2n) is 5.78. The Bertz CT molecular complexity index is 1030. The zero-order valence-corrected chi connectivity index (χ0v) is 14.6. The van der Waals surface area contributed by atoms with Gasteiger partial charge in [-0.05, 0) is 30.3 Å². The monoisotopic (exact) mass is 385 g/mol. The van der Waals surface area contributed by atoms with Gasteiger partial charge in [0.25, 0.3) is 11.5 Å². The van der Waals surface area contributed by atoms with Gasteiger partial charge < -0.3 is 9.09 Å². The topological polar surface area (TPSA) is 119 Å². The fraction of sp³-hybridized carbons (Fsp3) is 0.167. The summed E-state index contributed by atoms with van der Waals surface area (Å²) >= 11 is 0. The predicted molar refractivity (Wildman–Crippen MR) is 95.0 cm³/mol. The van der Waals surface area contributed by atoms with Crippen LogP contribution in [0.5, 0.6) is 0 Å². The second kappa shape index (κ2) is 8.71. The van der Waals surface area contributed by atoms with Crippen molar-refractivity contribution in [3.05, 3.63) is 70.7 Å². The number of nitrogens with zero attached hydrogens (tertiary/aromatic N) is 3. The van der Waals surface area contributed by atoms with Gasteiger partial charge in [0.05, 0.1) is 0 Å². The van der Waals surface area contributed by atoms with E-state index < -0.39 is 11.8 Å². The van der Waals surface area contributed by atoms with Crippen LogP contribution in [0.4, 0.5) is 4.39 Å². The first-order chi connectivity index (χ1) is 13.5. The first kappa shape index (κ1) is 19.0. The summed E-state index contributed by atoms with van der Waals surface area (Å²) in [5, 5.41) is 3.78. The van der Waals surface area contributed by atoms with Crippen LogP contribution in [0.3, 0.4) is 0 Å². The average Bonchev–Trinajstić information content (AvgIpc) is 3.16. The molecule has 0 fully saturated rings. The fourth-order valence-electron chi connectivity index (χ4n) is 2.28. The third-order valence-corrected chi connectivity index (χ3v) is 3.69. The van der Waals surface area contributed by atoms with Crippen LogP contribution in [-0.2, 0) is 22.6 Å². The Morgan fingerprint density at radius 2 is 1.82 bits per heavy atom. The van der Waals surface area contributed by atoms with Crippen LogP contribution < -0.4 is 16.4 Å². The van der Waals surface area contributed by atoms with Crippen LogP contribution in [0.15, 0.2) is 58.0 Å². The quantitative estimate of drug-likeness (QED) is 0.607. The molecule has 2 amide bonds. The maximum Gasteiger partial charge on any atom is 0.258 e. The van der Waals surface area contributed by atoms with Gasteiger partial charge >= 0.3 is 0 Å². The van der Waals surface area contributed by atoms with Gasteiger partial charge in [0.2, 0.25) is 17.6 Å². The summed E-state index contributed by atoms with van der Waals surface area (Å²) in [6.45, 7) is -0.218. The highest BCUT2D eigenvalue weighted by Crippen LogP contribution is 2.16. The maximum absolute atomic E-state index is 12.9. The van der Waals surface area contributed by atoms with Crippen molar-refractivity contribution in [3.63, 3.8) is 0 Å². The van der Waals surface area contributed by atoms with E-state index in [1.165, 1.54) is 41.1 Å². The van der Waals surface area contributed by atoms with Crippen molar-refractivity contribution in [2.75, 3.05) is 0 Å². The molecule has 0 atom stereocenters. The van der Waals surface area contributed by atoms with Gasteiger partial charge in [0.15, 0.2) is 0 Å². The lowest BCUT2D eigenvalue weighted by atomic mass is 10.2. The second-order valence-corrected chi connectivity index (χ2v) is 5.78. The zero-order valence-electron chi connectivity index (χ0n) is 14.6. The molecular formula is C18H16FN5O4. The molecule has 28 heavy (non-hydrogen) atoms. The molecule has 0 saturated heterocycles. The lowest BCUT2D eigenvalue weighted by Gasteiger charge is -2.08. The molecule has 0 unspecified atom stereocenters. The number of pyridine rings is 1. The van der Waals surface area contributed by atoms with E-state index in [0.717, 1.165) is 0 Å². The van der Waals surface area contributed by atoms with Gasteiger partial charge in [-0.15, -0.1) is 0 Å². The third kappa shape index (κ3) is 5.10. The predicted octanol–water partition coefficient (Wildman–Crippen LogP) is 0.818. The summed E-state index contributed by atoms with van der Waals surface area (Å²) in [6, 6.07) is 10.1. The molecule has 1 aromatic carbocycles. The van der Waals surface area contributed by atoms with E-state index in [4.69, 9.17) is 4.52 Å². The summed E-state index contributed by atoms with van der Waals surface area (Å²) in [5.41, 5.74) is 4.75. The summed E-state index contributed by atoms with van der Waals surface area (Å²) in [6.07, 6.45) is 1.63. The molecule has 3 aromatic rings. The molecule has 0 aliphatic rings. The SMILES string of the molecule is O=C(CCc1nc(-c2ccc(F)cc2)no1)NNC(=O)Cn1ccccc1=O. The highest BCUT2D eigenvalue weighted by Gasteiger charge is 2.11. The molecular weight excluding hydrogens is 369 g/mol. The van der Waals surface area contributed by atoms with Crippen molar-refractivity contribution in [1.29, 1.82) is 0 Å². The summed E-state index contributed by atoms with van der Waals surface area (Å²) in [4.78, 5) is 39.3. The minimum Gasteiger partial charge on any atom is -0.339 e. The summed E-state index contributed by atoms with van der Waals surface area (Å²) < 4.78 is 19.2. The smallest absolute Gasteiger partial charge is 0.258 e. The molecule has 0 bridgehead atoms. The number of nitrogens with one attached hydrogen (secondary N) is 2. The van der Waals surface area contributed by atoms with Crippen LogP contribution in [-0.4, -0.2) is 26.5 Å². The molecule has 0 spiro atoms. The van der Waals surface area contributed by atoms with Gasteiger partial charge in [-0.3, -0.25) is 25.2 Å². The minimum atomic E-state index is -0.543. The number of benzene rings is 1. The molecule has 2 aromatic heterocycles. The Morgan fingerprint density at radius 1 is 1.07 bits per heavy atom. The Balaban J connectivity index is 1.44. The molecule has 10 heteroatoms. The Labute approximate surface area is 158 Å². The van der Waals surface area contributed by atoms with E-state index in [0.29, 0.717) is 5.56 Å². The lowest BCUT2D eigenvalue weighted by molar-refractivity contribution is -0.129. The molecule has 9 nitrogen and oxygen atoms in total. The van der Waals surface area contributed by atoms with Gasteiger partial charge in [-0.25, -0.2) is 4.39 Å². The standard InChI is InChI=1S/C18H16FN5O4/c19-13-6-4-12(5-7-13)18-20-16(28-23-18)9-8-14(25)21-22-15(26)11-24-10-2-1-3-17(24)27/h1-7,10H,8-9,11H2,(H,21,25)(H,22,26). The zero-order chi connectivity index (χ0) is 19.9. The normalized spacial score (nSPS) is 10.5. The van der Waals surface area contributed by atoms with E-state index in [1.807, 2.05) is 0 Å². The lowest BCUT2D eigenvalue weighted by Crippen LogP contribution is -2.44. The van der Waals surface area contributed by atoms with Crippen molar-refractivity contribution in [3.8, 4) is 11.4 Å². The first-order valence-corrected chi connectivity index (χ1v) is 8.33. The van der Waals surface area contributed by atoms with E-state index in [1.54, 1.807) is 12.1 Å². The number of rotatable bonds is 6. The van der Waals surface area contributed by atoms with Gasteiger partial charge in [-0.1, -0.05) is 11.2 Å². The van der Waals surface area contributed by atoms with Crippen LogP contribution in [0.1, 0.15) is 12.3 Å². The molecule has 0 radical (unpaired) electrons. The first-order valence-electron chi connectivity index (χ1n) is 8.33. The Morgan fingerprint density at radius 3 is 2.57 bits per heavy atom. The van der Waals surface area contributed by atoms with E-state index in [-0.39, 0.29) is 42.5 Å². The van der Waals surface area contributed by atoms with Gasteiger partial charge in [-0.2, -0.15) is 4.98 Å². The van der Waals surface area contributed by atoms with Gasteiger partial charge in [0.1, 0.15) is 12.4 Å². The van der Waals surface area contributed by atoms with Crippen LogP contribution in [0, 0.1) is 5.82 Å². The van der Waals surface area contributed by atoms with Crippen molar-refractivity contribution in [2.45, 2.75) is 19.4 Å². The van der Waals surface area contributed by atoms with Crippen LogP contribution in [0.25, 0.3) is 11.4 Å². The van der Waals surface area contributed by atoms with E-state index >= 15 is 0 Å². The van der Waals surface area contributed by atoms with Crippen molar-refractivity contribution >= 4 is 11.8 Å². The molecule has 2 heterocycles. The number of carbonyl (C=O) groups is 2. The summed E-state index contributed by atoms with van der Waals surface area (Å²) in [7, 11) is 0. The minimum absolute atomic E-state index is 0.00336. The molecule has 0 aliphatic carbocycles. The third-order valence-electron chi connectivity index (χ3n) is 3.69. The largest absolute Gasteiger partial charge is 0.339 e. The van der Waals surface area contributed by atoms with Gasteiger partial charge in [0, 0.05) is 30.7 Å². The molecule has 3 rings (SSSR count). The molecule has 2 N–H and O–H groups in total. The number of hydrogen-bond acceptors (Lipinski definition) is 6. The number of amides is 2.